The maximum absolute atomic E-state index is 11.4. The monoisotopic (exact) mass is 345 g/mol. The van der Waals surface area contributed by atoms with Gasteiger partial charge >= 0.3 is 7.12 Å². The Hall–Kier alpha value is -1.79. The second-order valence-corrected chi connectivity index (χ2v) is 7.45. The summed E-state index contributed by atoms with van der Waals surface area (Å²) in [7, 11) is 1.16. The second-order valence-electron chi connectivity index (χ2n) is 7.45. The first kappa shape index (κ1) is 19.5. The molecule has 0 atom stereocenters. The van der Waals surface area contributed by atoms with Crippen LogP contribution in [0.15, 0.2) is 23.7 Å². The van der Waals surface area contributed by atoms with Crippen molar-refractivity contribution in [1.29, 1.82) is 0 Å². The quantitative estimate of drug-likeness (QED) is 0.833. The maximum Gasteiger partial charge on any atom is 0.492 e. The first-order valence-electron chi connectivity index (χ1n) is 8.51. The van der Waals surface area contributed by atoms with Crippen molar-refractivity contribution < 1.29 is 18.8 Å². The summed E-state index contributed by atoms with van der Waals surface area (Å²) in [6.45, 7) is 11.9. The summed E-state index contributed by atoms with van der Waals surface area (Å²) in [4.78, 5) is 11.4. The Balaban J connectivity index is 2.33. The van der Waals surface area contributed by atoms with Crippen molar-refractivity contribution in [2.24, 2.45) is 0 Å². The lowest BCUT2D eigenvalue weighted by Gasteiger charge is -2.32. The topological polar surface area (TPSA) is 56.8 Å². The molecular formula is C19H28BNO4. The highest BCUT2D eigenvalue weighted by atomic mass is 16.7. The van der Waals surface area contributed by atoms with Crippen LogP contribution in [0.5, 0.6) is 5.75 Å². The zero-order chi connectivity index (χ0) is 18.8. The Labute approximate surface area is 150 Å². The van der Waals surface area contributed by atoms with Crippen molar-refractivity contribution in [2.75, 3.05) is 13.7 Å². The van der Waals surface area contributed by atoms with Gasteiger partial charge in [0.1, 0.15) is 5.75 Å². The van der Waals surface area contributed by atoms with E-state index in [2.05, 4.69) is 5.32 Å². The lowest BCUT2D eigenvalue weighted by molar-refractivity contribution is -0.118. The van der Waals surface area contributed by atoms with Crippen molar-refractivity contribution in [2.45, 2.75) is 52.7 Å². The standard InChI is InChI=1S/C19H28BNO4/c1-13-10-15(8-9-17(13)23-7)11-16(12-21-14(2)22)20-24-18(3,4)19(5,6)25-20/h8-11H,12H2,1-7H3,(H,21,22). The highest BCUT2D eigenvalue weighted by Gasteiger charge is 2.52. The SMILES string of the molecule is COc1ccc(C=C(CNC(C)=O)B2OC(C)(C)C(C)(C)O2)cc1C. The van der Waals surface area contributed by atoms with Crippen LogP contribution >= 0.6 is 0 Å². The molecule has 1 heterocycles. The molecule has 1 amide bonds. The van der Waals surface area contributed by atoms with Crippen LogP contribution in [0.2, 0.25) is 0 Å². The van der Waals surface area contributed by atoms with Crippen molar-refractivity contribution in [3.05, 3.63) is 34.8 Å². The number of rotatable bonds is 5. The molecule has 1 aliphatic heterocycles. The number of carbonyl (C=O) groups is 1. The van der Waals surface area contributed by atoms with Gasteiger partial charge in [-0.1, -0.05) is 12.1 Å². The molecule has 1 fully saturated rings. The van der Waals surface area contributed by atoms with Gasteiger partial charge in [-0.25, -0.2) is 0 Å². The van der Waals surface area contributed by atoms with E-state index >= 15 is 0 Å². The van der Waals surface area contributed by atoms with E-state index in [-0.39, 0.29) is 5.91 Å². The maximum atomic E-state index is 11.4. The Kier molecular flexibility index (Phi) is 5.64. The average molecular weight is 345 g/mol. The number of aryl methyl sites for hydroxylation is 1. The Morgan fingerprint density at radius 1 is 1.24 bits per heavy atom. The summed E-state index contributed by atoms with van der Waals surface area (Å²) < 4.78 is 17.6. The van der Waals surface area contributed by atoms with E-state index < -0.39 is 18.3 Å². The Morgan fingerprint density at radius 3 is 2.32 bits per heavy atom. The number of hydrogen-bond donors (Lipinski definition) is 1. The number of carbonyl (C=O) groups excluding carboxylic acids is 1. The third kappa shape index (κ3) is 4.44. The van der Waals surface area contributed by atoms with Gasteiger partial charge in [-0.15, -0.1) is 0 Å². The molecule has 0 unspecified atom stereocenters. The average Bonchev–Trinajstić information content (AvgIpc) is 2.71. The third-order valence-corrected chi connectivity index (χ3v) is 4.87. The first-order chi connectivity index (χ1) is 11.6. The van der Waals surface area contributed by atoms with Crippen molar-refractivity contribution in [3.8, 4) is 5.75 Å². The molecule has 6 heteroatoms. The minimum absolute atomic E-state index is 0.0895. The van der Waals surface area contributed by atoms with Gasteiger partial charge < -0.3 is 19.4 Å². The first-order valence-corrected chi connectivity index (χ1v) is 8.51. The van der Waals surface area contributed by atoms with Crippen molar-refractivity contribution in [1.82, 2.24) is 5.32 Å². The highest BCUT2D eigenvalue weighted by molar-refractivity contribution is 6.56. The fourth-order valence-corrected chi connectivity index (χ4v) is 2.63. The van der Waals surface area contributed by atoms with Gasteiger partial charge in [-0.05, 0) is 63.4 Å². The van der Waals surface area contributed by atoms with E-state index in [0.29, 0.717) is 6.54 Å². The number of nitrogens with one attached hydrogen (secondary N) is 1. The minimum Gasteiger partial charge on any atom is -0.496 e. The molecule has 1 aliphatic rings. The Bertz CT molecular complexity index is 666. The third-order valence-electron chi connectivity index (χ3n) is 4.87. The van der Waals surface area contributed by atoms with E-state index in [1.54, 1.807) is 7.11 Å². The summed E-state index contributed by atoms with van der Waals surface area (Å²) in [6, 6.07) is 5.95. The molecule has 0 radical (unpaired) electrons. The predicted molar refractivity (Wildman–Crippen MR) is 100 cm³/mol. The number of hydrogen-bond acceptors (Lipinski definition) is 4. The summed E-state index contributed by atoms with van der Waals surface area (Å²) in [5, 5.41) is 2.84. The van der Waals surface area contributed by atoms with Crippen LogP contribution in [-0.4, -0.2) is 37.9 Å². The molecule has 0 spiro atoms. The van der Waals surface area contributed by atoms with Gasteiger partial charge in [0.2, 0.25) is 5.91 Å². The zero-order valence-corrected chi connectivity index (χ0v) is 16.2. The largest absolute Gasteiger partial charge is 0.496 e. The molecule has 0 bridgehead atoms. The molecule has 1 aromatic carbocycles. The molecule has 2 rings (SSSR count). The highest BCUT2D eigenvalue weighted by Crippen LogP contribution is 2.38. The van der Waals surface area contributed by atoms with Crippen molar-refractivity contribution in [3.63, 3.8) is 0 Å². The summed E-state index contributed by atoms with van der Waals surface area (Å²) in [5.41, 5.74) is 2.07. The van der Waals surface area contributed by atoms with E-state index in [0.717, 1.165) is 22.3 Å². The fourth-order valence-electron chi connectivity index (χ4n) is 2.63. The van der Waals surface area contributed by atoms with Crippen LogP contribution in [0.25, 0.3) is 6.08 Å². The molecule has 0 aliphatic carbocycles. The number of benzene rings is 1. The summed E-state index contributed by atoms with van der Waals surface area (Å²) in [6.07, 6.45) is 2.00. The number of ether oxygens (including phenoxy) is 1. The summed E-state index contributed by atoms with van der Waals surface area (Å²) in [5.74, 6) is 0.754. The second kappa shape index (κ2) is 7.22. The van der Waals surface area contributed by atoms with E-state index in [1.807, 2.05) is 58.9 Å². The molecule has 5 nitrogen and oxygen atoms in total. The lowest BCUT2D eigenvalue weighted by atomic mass is 9.77. The van der Waals surface area contributed by atoms with Gasteiger partial charge in [-0.3, -0.25) is 4.79 Å². The molecule has 1 aromatic rings. The van der Waals surface area contributed by atoms with E-state index in [4.69, 9.17) is 14.0 Å². The minimum atomic E-state index is -0.501. The predicted octanol–water partition coefficient (Wildman–Crippen LogP) is 3.15. The normalized spacial score (nSPS) is 19.0. The van der Waals surface area contributed by atoms with E-state index in [1.165, 1.54) is 6.92 Å². The molecule has 0 aromatic heterocycles. The van der Waals surface area contributed by atoms with Crippen LogP contribution in [-0.2, 0) is 14.1 Å². The van der Waals surface area contributed by atoms with Gasteiger partial charge in [0.05, 0.1) is 18.3 Å². The van der Waals surface area contributed by atoms with Crippen LogP contribution < -0.4 is 10.1 Å². The van der Waals surface area contributed by atoms with Crippen LogP contribution in [0.1, 0.15) is 45.7 Å². The van der Waals surface area contributed by atoms with Gasteiger partial charge in [0, 0.05) is 13.5 Å². The van der Waals surface area contributed by atoms with E-state index in [9.17, 15) is 4.79 Å². The molecule has 1 N–H and O–H groups in total. The fraction of sp³-hybridized carbons (Fsp3) is 0.526. The van der Waals surface area contributed by atoms with Gasteiger partial charge in [-0.2, -0.15) is 0 Å². The molecule has 136 valence electrons. The molecule has 1 saturated heterocycles. The molecule has 25 heavy (non-hydrogen) atoms. The molecule has 0 saturated carbocycles. The van der Waals surface area contributed by atoms with Crippen LogP contribution in [0.3, 0.4) is 0 Å². The lowest BCUT2D eigenvalue weighted by Crippen LogP contribution is -2.41. The van der Waals surface area contributed by atoms with Gasteiger partial charge in [0.25, 0.3) is 0 Å². The molecular weight excluding hydrogens is 317 g/mol. The smallest absolute Gasteiger partial charge is 0.492 e. The van der Waals surface area contributed by atoms with Crippen molar-refractivity contribution >= 4 is 19.1 Å². The summed E-state index contributed by atoms with van der Waals surface area (Å²) >= 11 is 0. The number of methoxy groups -OCH3 is 1. The van der Waals surface area contributed by atoms with Crippen LogP contribution in [0, 0.1) is 6.92 Å². The number of amides is 1. The van der Waals surface area contributed by atoms with Gasteiger partial charge in [0.15, 0.2) is 0 Å². The zero-order valence-electron chi connectivity index (χ0n) is 16.2. The Morgan fingerprint density at radius 2 is 1.84 bits per heavy atom. The van der Waals surface area contributed by atoms with Crippen LogP contribution in [0.4, 0.5) is 0 Å².